The first-order valence-electron chi connectivity index (χ1n) is 8.47. The number of aryl methyl sites for hydroxylation is 1. The van der Waals surface area contributed by atoms with Crippen molar-refractivity contribution in [2.24, 2.45) is 5.92 Å². The smallest absolute Gasteiger partial charge is 0.290 e. The molecule has 3 aromatic rings. The van der Waals surface area contributed by atoms with Gasteiger partial charge in [0, 0.05) is 11.6 Å². The van der Waals surface area contributed by atoms with E-state index in [0.717, 1.165) is 0 Å². The molecule has 4 rings (SSSR count). The van der Waals surface area contributed by atoms with Gasteiger partial charge in [0.2, 0.25) is 5.79 Å². The minimum Gasteiger partial charge on any atom is -0.461 e. The molecular weight excluding hydrogens is 375 g/mol. The fraction of sp³-hybridized carbons (Fsp3) is 0.333. The number of hydrogen-bond donors (Lipinski definition) is 1. The Bertz CT molecular complexity index is 1110. The van der Waals surface area contributed by atoms with Crippen LogP contribution in [0.1, 0.15) is 34.6 Å². The lowest BCUT2D eigenvalue weighted by atomic mass is 10.1. The molecule has 0 radical (unpaired) electrons. The molecule has 3 aromatic heterocycles. The Morgan fingerprint density at radius 2 is 2.25 bits per heavy atom. The van der Waals surface area contributed by atoms with Crippen LogP contribution >= 0.6 is 0 Å². The van der Waals surface area contributed by atoms with Gasteiger partial charge >= 0.3 is 0 Å². The molecule has 0 saturated heterocycles. The summed E-state index contributed by atoms with van der Waals surface area (Å²) in [5.41, 5.74) is 0.868. The first-order valence-corrected chi connectivity index (χ1v) is 8.47. The molecule has 1 N–H and O–H groups in total. The number of nitrogens with one attached hydrogen (secondary N) is 1. The average Bonchev–Trinajstić information content (AvgIpc) is 3.25. The molecule has 0 bridgehead atoms. The molecule has 0 spiro atoms. The van der Waals surface area contributed by atoms with Crippen LogP contribution in [-0.4, -0.2) is 32.5 Å². The number of fused-ring (bicyclic) bond motifs is 1. The molecule has 0 aliphatic heterocycles. The number of aromatic nitrogens is 3. The number of imidazole rings is 1. The molecule has 1 amide bonds. The predicted octanol–water partition coefficient (Wildman–Crippen LogP) is 3.24. The van der Waals surface area contributed by atoms with Crippen LogP contribution < -0.4 is 5.32 Å². The van der Waals surface area contributed by atoms with Gasteiger partial charge in [-0.25, -0.2) is 23.1 Å². The summed E-state index contributed by atoms with van der Waals surface area (Å²) >= 11 is 0. The van der Waals surface area contributed by atoms with Crippen molar-refractivity contribution in [2.75, 3.05) is 0 Å². The zero-order valence-electron chi connectivity index (χ0n) is 14.6. The first kappa shape index (κ1) is 18.0. The van der Waals surface area contributed by atoms with Crippen molar-refractivity contribution < 1.29 is 22.4 Å². The van der Waals surface area contributed by atoms with Crippen LogP contribution in [0.25, 0.3) is 17.1 Å². The van der Waals surface area contributed by atoms with Gasteiger partial charge in [0.1, 0.15) is 18.1 Å². The van der Waals surface area contributed by atoms with Gasteiger partial charge in [-0.1, -0.05) is 0 Å². The van der Waals surface area contributed by atoms with E-state index < -0.39 is 24.0 Å². The molecule has 1 aliphatic carbocycles. The fourth-order valence-corrected chi connectivity index (χ4v) is 3.06. The van der Waals surface area contributed by atoms with E-state index in [9.17, 15) is 18.0 Å². The third-order valence-electron chi connectivity index (χ3n) is 4.72. The van der Waals surface area contributed by atoms with Gasteiger partial charge in [0.25, 0.3) is 12.3 Å². The highest BCUT2D eigenvalue weighted by molar-refractivity contribution is 5.98. The van der Waals surface area contributed by atoms with Crippen LogP contribution in [0, 0.1) is 24.2 Å². The summed E-state index contributed by atoms with van der Waals surface area (Å²) in [6, 6.07) is 5.06. The summed E-state index contributed by atoms with van der Waals surface area (Å²) < 4.78 is 47.8. The van der Waals surface area contributed by atoms with Crippen molar-refractivity contribution in [1.29, 1.82) is 5.26 Å². The highest BCUT2D eigenvalue weighted by Gasteiger charge is 2.54. The highest BCUT2D eigenvalue weighted by atomic mass is 19.3. The number of nitriles is 1. The Labute approximate surface area is 156 Å². The second-order valence-corrected chi connectivity index (χ2v) is 6.64. The molecule has 1 saturated carbocycles. The number of rotatable bonds is 5. The normalized spacial score (nSPS) is 16.1. The Morgan fingerprint density at radius 1 is 1.50 bits per heavy atom. The number of nitrogens with zero attached hydrogens (tertiary/aromatic N) is 4. The van der Waals surface area contributed by atoms with Crippen LogP contribution in [-0.2, 0) is 0 Å². The van der Waals surface area contributed by atoms with E-state index in [4.69, 9.17) is 9.68 Å². The molecule has 28 heavy (non-hydrogen) atoms. The summed E-state index contributed by atoms with van der Waals surface area (Å²) in [5.74, 6) is -4.90. The van der Waals surface area contributed by atoms with E-state index in [1.165, 1.54) is 23.1 Å². The Hall–Kier alpha value is -3.35. The van der Waals surface area contributed by atoms with Crippen LogP contribution in [0.2, 0.25) is 0 Å². The number of alkyl halides is 3. The molecular formula is C18H14F3N5O2. The molecule has 0 aromatic carbocycles. The van der Waals surface area contributed by atoms with Gasteiger partial charge in [0.15, 0.2) is 17.1 Å². The Morgan fingerprint density at radius 3 is 2.89 bits per heavy atom. The van der Waals surface area contributed by atoms with E-state index in [0.29, 0.717) is 5.69 Å². The van der Waals surface area contributed by atoms with Crippen LogP contribution in [0.4, 0.5) is 13.2 Å². The van der Waals surface area contributed by atoms with Crippen molar-refractivity contribution in [2.45, 2.75) is 32.0 Å². The molecule has 1 aliphatic rings. The van der Waals surface area contributed by atoms with Crippen LogP contribution in [0.3, 0.4) is 0 Å². The lowest BCUT2D eigenvalue weighted by Crippen LogP contribution is -2.52. The number of furan rings is 1. The van der Waals surface area contributed by atoms with Gasteiger partial charge in [-0.05, 0) is 31.9 Å². The second-order valence-electron chi connectivity index (χ2n) is 6.64. The summed E-state index contributed by atoms with van der Waals surface area (Å²) in [6.45, 7) is 1.71. The van der Waals surface area contributed by atoms with E-state index >= 15 is 0 Å². The van der Waals surface area contributed by atoms with E-state index in [1.54, 1.807) is 18.3 Å². The minimum absolute atomic E-state index is 0.0419. The number of halogens is 3. The monoisotopic (exact) mass is 389 g/mol. The van der Waals surface area contributed by atoms with Crippen molar-refractivity contribution in [1.82, 2.24) is 19.7 Å². The molecule has 10 heteroatoms. The maximum atomic E-state index is 14.6. The lowest BCUT2D eigenvalue weighted by molar-refractivity contribution is -0.0671. The zero-order valence-corrected chi connectivity index (χ0v) is 14.6. The van der Waals surface area contributed by atoms with E-state index in [2.05, 4.69) is 9.97 Å². The second kappa shape index (κ2) is 6.37. The largest absolute Gasteiger partial charge is 0.461 e. The Balaban J connectivity index is 1.76. The van der Waals surface area contributed by atoms with Crippen molar-refractivity contribution in [3.63, 3.8) is 0 Å². The molecule has 1 atom stereocenters. The fourth-order valence-electron chi connectivity index (χ4n) is 3.06. The standard InChI is InChI=1S/C18H14F3N5O2/c1-9-6-12(14-10(7-22)4-5-28-14)24-15-13(23-8-26(9)15)16(27)25-18(21,17(19)20)11-2-3-11/h4-6,8,11,17H,2-3H2,1H3,(H,25,27). The SMILES string of the molecule is Cc1cc(-c2occc2C#N)nc2c(C(=O)NC(F)(C(F)F)C3CC3)ncn12. The number of carbonyl (C=O) groups excluding carboxylic acids is 1. The third-order valence-corrected chi connectivity index (χ3v) is 4.72. The van der Waals surface area contributed by atoms with Crippen molar-refractivity contribution >= 4 is 11.6 Å². The van der Waals surface area contributed by atoms with E-state index in [1.807, 2.05) is 6.07 Å². The average molecular weight is 389 g/mol. The summed E-state index contributed by atoms with van der Waals surface area (Å²) in [7, 11) is 0. The molecule has 3 heterocycles. The van der Waals surface area contributed by atoms with Gasteiger partial charge in [-0.15, -0.1) is 0 Å². The quantitative estimate of drug-likeness (QED) is 0.676. The number of carbonyl (C=O) groups is 1. The number of hydrogen-bond acceptors (Lipinski definition) is 5. The predicted molar refractivity (Wildman–Crippen MR) is 90.2 cm³/mol. The van der Waals surface area contributed by atoms with Gasteiger partial charge in [-0.2, -0.15) is 5.26 Å². The van der Waals surface area contributed by atoms with Crippen LogP contribution in [0.15, 0.2) is 29.1 Å². The summed E-state index contributed by atoms with van der Waals surface area (Å²) in [4.78, 5) is 20.7. The molecule has 1 unspecified atom stereocenters. The Kier molecular flexibility index (Phi) is 4.10. The zero-order chi connectivity index (χ0) is 20.1. The maximum absolute atomic E-state index is 14.6. The van der Waals surface area contributed by atoms with Crippen molar-refractivity contribution in [3.8, 4) is 17.5 Å². The molecule has 1 fully saturated rings. The molecule has 7 nitrogen and oxygen atoms in total. The number of amides is 1. The highest BCUT2D eigenvalue weighted by Crippen LogP contribution is 2.44. The van der Waals surface area contributed by atoms with Gasteiger partial charge < -0.3 is 9.73 Å². The first-order chi connectivity index (χ1) is 13.3. The summed E-state index contributed by atoms with van der Waals surface area (Å²) in [6.07, 6.45) is -0.175. The molecule has 144 valence electrons. The van der Waals surface area contributed by atoms with Gasteiger partial charge in [-0.3, -0.25) is 9.20 Å². The topological polar surface area (TPSA) is 96.2 Å². The van der Waals surface area contributed by atoms with Crippen LogP contribution in [0.5, 0.6) is 0 Å². The van der Waals surface area contributed by atoms with Gasteiger partial charge in [0.05, 0.1) is 11.8 Å². The lowest BCUT2D eigenvalue weighted by Gasteiger charge is -2.25. The summed E-state index contributed by atoms with van der Waals surface area (Å²) in [5, 5.41) is 11.0. The minimum atomic E-state index is -3.36. The van der Waals surface area contributed by atoms with Crippen molar-refractivity contribution in [3.05, 3.63) is 41.7 Å². The third kappa shape index (κ3) is 2.79. The van der Waals surface area contributed by atoms with E-state index in [-0.39, 0.29) is 41.2 Å². The maximum Gasteiger partial charge on any atom is 0.290 e.